The van der Waals surface area contributed by atoms with Crippen LogP contribution >= 0.6 is 7.75 Å². The number of carbonyl (C=O) groups excluding carboxylic acids is 2. The predicted molar refractivity (Wildman–Crippen MR) is 107 cm³/mol. The maximum Gasteiger partial charge on any atom is 0.445 e. The third kappa shape index (κ3) is 3.91. The van der Waals surface area contributed by atoms with Crippen molar-refractivity contribution < 1.29 is 23.2 Å². The molecule has 0 aromatic heterocycles. The normalized spacial score (nSPS) is 13.6. The molecule has 3 aromatic rings. The minimum absolute atomic E-state index is 0.0691. The van der Waals surface area contributed by atoms with Crippen molar-refractivity contribution in [2.45, 2.75) is 13.2 Å². The highest BCUT2D eigenvalue weighted by molar-refractivity contribution is 7.53. The lowest BCUT2D eigenvalue weighted by atomic mass is 10.1. The summed E-state index contributed by atoms with van der Waals surface area (Å²) in [6, 6.07) is 24.5. The molecule has 0 saturated carbocycles. The van der Waals surface area contributed by atoms with E-state index < -0.39 is 19.6 Å². The molecule has 7 heteroatoms. The molecule has 0 unspecified atom stereocenters. The molecule has 4 rings (SSSR count). The average molecular weight is 407 g/mol. The predicted octanol–water partition coefficient (Wildman–Crippen LogP) is 4.82. The maximum absolute atomic E-state index is 13.7. The molecule has 6 nitrogen and oxygen atoms in total. The Kier molecular flexibility index (Phi) is 5.41. The summed E-state index contributed by atoms with van der Waals surface area (Å²) in [7, 11) is -4.26. The molecule has 0 N–H and O–H groups in total. The second kappa shape index (κ2) is 8.13. The van der Waals surface area contributed by atoms with Crippen molar-refractivity contribution in [3.8, 4) is 0 Å². The smallest absolute Gasteiger partial charge is 0.287 e. The summed E-state index contributed by atoms with van der Waals surface area (Å²) in [5.74, 6) is -1.37. The quantitative estimate of drug-likeness (QED) is 0.415. The first-order valence-corrected chi connectivity index (χ1v) is 10.5. The summed E-state index contributed by atoms with van der Waals surface area (Å²) in [4.78, 5) is 25.7. The molecule has 0 saturated heterocycles. The Bertz CT molecular complexity index is 1000. The topological polar surface area (TPSA) is 72.9 Å². The molecule has 146 valence electrons. The summed E-state index contributed by atoms with van der Waals surface area (Å²) in [6.45, 7) is -0.138. The second-order valence-electron chi connectivity index (χ2n) is 6.45. The van der Waals surface area contributed by atoms with Crippen molar-refractivity contribution in [3.63, 3.8) is 0 Å². The Morgan fingerprint density at radius 1 is 0.621 bits per heavy atom. The minimum Gasteiger partial charge on any atom is -0.287 e. The van der Waals surface area contributed by atoms with Gasteiger partial charge in [0, 0.05) is 0 Å². The van der Waals surface area contributed by atoms with Crippen molar-refractivity contribution in [1.82, 2.24) is 4.67 Å². The van der Waals surface area contributed by atoms with Gasteiger partial charge >= 0.3 is 7.75 Å². The Morgan fingerprint density at radius 3 is 1.41 bits per heavy atom. The number of hydrogen-bond acceptors (Lipinski definition) is 5. The fourth-order valence-corrected chi connectivity index (χ4v) is 4.60. The van der Waals surface area contributed by atoms with E-state index in [-0.39, 0.29) is 24.3 Å². The Hall–Kier alpha value is -3.05. The van der Waals surface area contributed by atoms with E-state index in [0.29, 0.717) is 4.67 Å². The van der Waals surface area contributed by atoms with Crippen LogP contribution in [0.1, 0.15) is 31.8 Å². The molecule has 1 aliphatic heterocycles. The lowest BCUT2D eigenvalue weighted by molar-refractivity contribution is 0.0676. The number of rotatable bonds is 7. The summed E-state index contributed by atoms with van der Waals surface area (Å²) >= 11 is 0. The SMILES string of the molecule is O=C1c2ccccc2C(=O)N1P(=O)(OCc1ccccc1)OCc1ccccc1. The summed E-state index contributed by atoms with van der Waals surface area (Å²) in [5, 5.41) is 0. The van der Waals surface area contributed by atoms with E-state index in [9.17, 15) is 14.2 Å². The lowest BCUT2D eigenvalue weighted by Gasteiger charge is -2.25. The van der Waals surface area contributed by atoms with E-state index in [1.165, 1.54) is 12.1 Å². The molecule has 0 radical (unpaired) electrons. The van der Waals surface area contributed by atoms with Gasteiger partial charge in [0.2, 0.25) is 0 Å². The molecule has 29 heavy (non-hydrogen) atoms. The molecule has 1 heterocycles. The van der Waals surface area contributed by atoms with Gasteiger partial charge in [-0.15, -0.1) is 0 Å². The van der Waals surface area contributed by atoms with Crippen molar-refractivity contribution in [1.29, 1.82) is 0 Å². The van der Waals surface area contributed by atoms with Gasteiger partial charge in [-0.05, 0) is 23.3 Å². The van der Waals surface area contributed by atoms with Gasteiger partial charge in [0.25, 0.3) is 11.8 Å². The Balaban J connectivity index is 1.63. The monoisotopic (exact) mass is 407 g/mol. The number of hydrogen-bond donors (Lipinski definition) is 0. The Morgan fingerprint density at radius 2 is 1.00 bits per heavy atom. The highest BCUT2D eigenvalue weighted by atomic mass is 31.2. The van der Waals surface area contributed by atoms with Crippen molar-refractivity contribution in [2.75, 3.05) is 0 Å². The largest absolute Gasteiger partial charge is 0.445 e. The van der Waals surface area contributed by atoms with Gasteiger partial charge < -0.3 is 0 Å². The van der Waals surface area contributed by atoms with E-state index in [1.807, 2.05) is 36.4 Å². The van der Waals surface area contributed by atoms with Gasteiger partial charge in [-0.2, -0.15) is 4.67 Å². The van der Waals surface area contributed by atoms with E-state index >= 15 is 0 Å². The zero-order valence-corrected chi connectivity index (χ0v) is 16.3. The molecule has 0 spiro atoms. The number of carbonyl (C=O) groups is 2. The summed E-state index contributed by atoms with van der Waals surface area (Å²) < 4.78 is 25.5. The lowest BCUT2D eigenvalue weighted by Crippen LogP contribution is -2.28. The molecule has 0 aliphatic carbocycles. The summed E-state index contributed by atoms with van der Waals surface area (Å²) in [6.07, 6.45) is 0. The van der Waals surface area contributed by atoms with Gasteiger partial charge in [-0.25, -0.2) is 4.57 Å². The standard InChI is InChI=1S/C22H18NO5P/c24-21-19-13-7-8-14-20(19)22(25)23(21)29(26,27-15-17-9-3-1-4-10-17)28-16-18-11-5-2-6-12-18/h1-14H,15-16H2. The van der Waals surface area contributed by atoms with Gasteiger partial charge in [0.15, 0.2) is 0 Å². The molecule has 3 aromatic carbocycles. The number of imide groups is 1. The average Bonchev–Trinajstić information content (AvgIpc) is 3.03. The number of amides is 2. The highest BCUT2D eigenvalue weighted by Gasteiger charge is 2.49. The van der Waals surface area contributed by atoms with Crippen LogP contribution in [0.3, 0.4) is 0 Å². The van der Waals surface area contributed by atoms with E-state index in [1.54, 1.807) is 36.4 Å². The summed E-state index contributed by atoms with van der Waals surface area (Å²) in [5.41, 5.74) is 1.86. The van der Waals surface area contributed by atoms with E-state index in [2.05, 4.69) is 0 Å². The fraction of sp³-hybridized carbons (Fsp3) is 0.0909. The first-order chi connectivity index (χ1) is 14.1. The second-order valence-corrected chi connectivity index (χ2v) is 8.31. The van der Waals surface area contributed by atoms with E-state index in [4.69, 9.17) is 9.05 Å². The molecule has 2 amide bonds. The van der Waals surface area contributed by atoms with Crippen LogP contribution in [0.15, 0.2) is 84.9 Å². The zero-order chi connectivity index (χ0) is 20.3. The highest BCUT2D eigenvalue weighted by Crippen LogP contribution is 2.56. The number of fused-ring (bicyclic) bond motifs is 1. The van der Waals surface area contributed by atoms with Crippen LogP contribution in [0.4, 0.5) is 0 Å². The minimum atomic E-state index is -4.26. The molecule has 0 atom stereocenters. The van der Waals surface area contributed by atoms with Gasteiger partial charge in [0.1, 0.15) is 0 Å². The van der Waals surface area contributed by atoms with Gasteiger partial charge in [-0.1, -0.05) is 72.8 Å². The van der Waals surface area contributed by atoms with Crippen LogP contribution in [0.2, 0.25) is 0 Å². The third-order valence-electron chi connectivity index (χ3n) is 4.49. The van der Waals surface area contributed by atoms with Crippen molar-refractivity contribution in [3.05, 3.63) is 107 Å². The third-order valence-corrected chi connectivity index (χ3v) is 6.26. The van der Waals surface area contributed by atoms with E-state index in [0.717, 1.165) is 11.1 Å². The van der Waals surface area contributed by atoms with Gasteiger partial charge in [0.05, 0.1) is 24.3 Å². The molecule has 1 aliphatic rings. The molecular weight excluding hydrogens is 389 g/mol. The van der Waals surface area contributed by atoms with Crippen LogP contribution in [-0.4, -0.2) is 16.5 Å². The first kappa shape index (κ1) is 19.3. The zero-order valence-electron chi connectivity index (χ0n) is 15.4. The fourth-order valence-electron chi connectivity index (χ4n) is 3.01. The Labute approximate surface area is 168 Å². The molecular formula is C22H18NO5P. The van der Waals surface area contributed by atoms with Crippen molar-refractivity contribution in [2.24, 2.45) is 0 Å². The van der Waals surface area contributed by atoms with Crippen molar-refractivity contribution >= 4 is 19.6 Å². The van der Waals surface area contributed by atoms with Crippen LogP contribution in [-0.2, 0) is 26.8 Å². The van der Waals surface area contributed by atoms with Gasteiger partial charge in [-0.3, -0.25) is 18.6 Å². The van der Waals surface area contributed by atoms with Crippen LogP contribution in [0.5, 0.6) is 0 Å². The van der Waals surface area contributed by atoms with Crippen LogP contribution in [0, 0.1) is 0 Å². The number of nitrogens with zero attached hydrogens (tertiary/aromatic N) is 1. The number of benzene rings is 3. The molecule has 0 fully saturated rings. The first-order valence-electron chi connectivity index (χ1n) is 9.04. The maximum atomic E-state index is 13.7. The van der Waals surface area contributed by atoms with Crippen LogP contribution < -0.4 is 0 Å². The van der Waals surface area contributed by atoms with Crippen LogP contribution in [0.25, 0.3) is 0 Å². The molecule has 0 bridgehead atoms.